The number of ether oxygens (including phenoxy) is 2. The molecule has 0 aliphatic carbocycles. The molecular formula is C24H26N2O4. The summed E-state index contributed by atoms with van der Waals surface area (Å²) in [6.45, 7) is 3.74. The van der Waals surface area contributed by atoms with Gasteiger partial charge in [0.2, 0.25) is 0 Å². The fourth-order valence-corrected chi connectivity index (χ4v) is 4.11. The van der Waals surface area contributed by atoms with Crippen LogP contribution >= 0.6 is 0 Å². The van der Waals surface area contributed by atoms with Gasteiger partial charge in [-0.05, 0) is 48.6 Å². The number of hydrogen-bond donors (Lipinski definition) is 0. The number of carbonyl (C=O) groups excluding carboxylic acids is 2. The lowest BCUT2D eigenvalue weighted by atomic mass is 9.97. The average molecular weight is 406 g/mol. The maximum absolute atomic E-state index is 13.5. The molecule has 2 heterocycles. The maximum Gasteiger partial charge on any atom is 0.282 e. The van der Waals surface area contributed by atoms with Gasteiger partial charge in [-0.15, -0.1) is 0 Å². The first-order valence-corrected chi connectivity index (χ1v) is 10.2. The highest BCUT2D eigenvalue weighted by molar-refractivity contribution is 6.45. The highest BCUT2D eigenvalue weighted by Gasteiger charge is 2.43. The standard InChI is InChI=1S/C24H26N2O4/c1-16-11-13-25(14-12-16)22-21(17-9-10-19(29-2)20(15-17)30-3)23(27)26(24(22)28)18-7-5-4-6-8-18/h4-10,15-16H,11-14H2,1-3H3. The highest BCUT2D eigenvalue weighted by atomic mass is 16.5. The lowest BCUT2D eigenvalue weighted by Crippen LogP contribution is -2.38. The molecule has 0 spiro atoms. The second-order valence-corrected chi connectivity index (χ2v) is 7.74. The molecule has 0 unspecified atom stereocenters. The molecule has 2 aromatic rings. The van der Waals surface area contributed by atoms with E-state index in [9.17, 15) is 9.59 Å². The first kappa shape index (κ1) is 20.0. The Kier molecular flexibility index (Phi) is 5.48. The van der Waals surface area contributed by atoms with Crippen LogP contribution in [0.25, 0.3) is 5.57 Å². The Balaban J connectivity index is 1.83. The van der Waals surface area contributed by atoms with Gasteiger partial charge in [-0.1, -0.05) is 31.2 Å². The summed E-state index contributed by atoms with van der Waals surface area (Å²) >= 11 is 0. The zero-order valence-electron chi connectivity index (χ0n) is 17.6. The van der Waals surface area contributed by atoms with Crippen LogP contribution in [0.15, 0.2) is 54.2 Å². The van der Waals surface area contributed by atoms with Gasteiger partial charge in [-0.2, -0.15) is 0 Å². The predicted molar refractivity (Wildman–Crippen MR) is 115 cm³/mol. The van der Waals surface area contributed by atoms with Crippen LogP contribution in [0.3, 0.4) is 0 Å². The summed E-state index contributed by atoms with van der Waals surface area (Å²) in [5.74, 6) is 1.13. The number of amides is 2. The first-order valence-electron chi connectivity index (χ1n) is 10.2. The van der Waals surface area contributed by atoms with Gasteiger partial charge in [0, 0.05) is 13.1 Å². The molecule has 0 atom stereocenters. The molecule has 2 aliphatic heterocycles. The largest absolute Gasteiger partial charge is 0.493 e. The Labute approximate surface area is 176 Å². The van der Waals surface area contributed by atoms with E-state index < -0.39 is 0 Å². The molecule has 6 heteroatoms. The number of hydrogen-bond acceptors (Lipinski definition) is 5. The third-order valence-corrected chi connectivity index (χ3v) is 5.85. The first-order chi connectivity index (χ1) is 14.5. The van der Waals surface area contributed by atoms with E-state index in [-0.39, 0.29) is 11.8 Å². The molecule has 0 radical (unpaired) electrons. The fraction of sp³-hybridized carbons (Fsp3) is 0.333. The van der Waals surface area contributed by atoms with Gasteiger partial charge < -0.3 is 14.4 Å². The normalized spacial score (nSPS) is 17.7. The van der Waals surface area contributed by atoms with Crippen LogP contribution in [0.1, 0.15) is 25.3 Å². The van der Waals surface area contributed by atoms with Gasteiger partial charge in [-0.25, -0.2) is 4.90 Å². The Bertz CT molecular complexity index is 992. The van der Waals surface area contributed by atoms with E-state index in [1.807, 2.05) is 24.3 Å². The predicted octanol–water partition coefficient (Wildman–Crippen LogP) is 3.72. The van der Waals surface area contributed by atoms with Crippen molar-refractivity contribution in [2.45, 2.75) is 19.8 Å². The average Bonchev–Trinajstić information content (AvgIpc) is 3.04. The fourth-order valence-electron chi connectivity index (χ4n) is 4.11. The Hall–Kier alpha value is -3.28. The highest BCUT2D eigenvalue weighted by Crippen LogP contribution is 2.39. The Morgan fingerprint density at radius 1 is 0.867 bits per heavy atom. The molecule has 4 rings (SSSR count). The lowest BCUT2D eigenvalue weighted by Gasteiger charge is -2.32. The zero-order valence-corrected chi connectivity index (χ0v) is 17.6. The molecule has 2 aromatic carbocycles. The lowest BCUT2D eigenvalue weighted by molar-refractivity contribution is -0.120. The second-order valence-electron chi connectivity index (χ2n) is 7.74. The van der Waals surface area contributed by atoms with Crippen molar-refractivity contribution in [3.05, 3.63) is 59.8 Å². The molecule has 1 saturated heterocycles. The molecule has 30 heavy (non-hydrogen) atoms. The summed E-state index contributed by atoms with van der Waals surface area (Å²) in [6.07, 6.45) is 1.99. The maximum atomic E-state index is 13.5. The number of rotatable bonds is 5. The SMILES string of the molecule is COc1ccc(C2=C(N3CCC(C)CC3)C(=O)N(c3ccccc3)C2=O)cc1OC. The van der Waals surface area contributed by atoms with E-state index >= 15 is 0 Å². The second kappa shape index (κ2) is 8.22. The number of imide groups is 1. The summed E-state index contributed by atoms with van der Waals surface area (Å²) in [6, 6.07) is 14.4. The number of nitrogens with zero attached hydrogens (tertiary/aromatic N) is 2. The van der Waals surface area contributed by atoms with Gasteiger partial charge >= 0.3 is 0 Å². The number of piperidine rings is 1. The van der Waals surface area contributed by atoms with Crippen molar-refractivity contribution < 1.29 is 19.1 Å². The van der Waals surface area contributed by atoms with Gasteiger partial charge in [0.15, 0.2) is 11.5 Å². The number of likely N-dealkylation sites (tertiary alicyclic amines) is 1. The van der Waals surface area contributed by atoms with Crippen molar-refractivity contribution in [1.29, 1.82) is 0 Å². The summed E-state index contributed by atoms with van der Waals surface area (Å²) in [5.41, 5.74) is 2.12. The van der Waals surface area contributed by atoms with E-state index in [2.05, 4.69) is 11.8 Å². The molecule has 2 amide bonds. The summed E-state index contributed by atoms with van der Waals surface area (Å²) in [5, 5.41) is 0. The van der Waals surface area contributed by atoms with Crippen molar-refractivity contribution in [3.63, 3.8) is 0 Å². The molecule has 0 N–H and O–H groups in total. The topological polar surface area (TPSA) is 59.1 Å². The quantitative estimate of drug-likeness (QED) is 0.709. The summed E-state index contributed by atoms with van der Waals surface area (Å²) in [4.78, 5) is 30.4. The van der Waals surface area contributed by atoms with Crippen molar-refractivity contribution in [1.82, 2.24) is 4.90 Å². The summed E-state index contributed by atoms with van der Waals surface area (Å²) < 4.78 is 10.8. The van der Waals surface area contributed by atoms with Crippen molar-refractivity contribution in [2.75, 3.05) is 32.2 Å². The van der Waals surface area contributed by atoms with Crippen molar-refractivity contribution in [2.24, 2.45) is 5.92 Å². The number of benzene rings is 2. The molecular weight excluding hydrogens is 380 g/mol. The van der Waals surface area contributed by atoms with Crippen LogP contribution in [0.5, 0.6) is 11.5 Å². The van der Waals surface area contributed by atoms with Gasteiger partial charge in [-0.3, -0.25) is 9.59 Å². The third-order valence-electron chi connectivity index (χ3n) is 5.85. The number of anilines is 1. The van der Waals surface area contributed by atoms with Crippen molar-refractivity contribution >= 4 is 23.1 Å². The summed E-state index contributed by atoms with van der Waals surface area (Å²) in [7, 11) is 3.12. The van der Waals surface area contributed by atoms with E-state index in [1.165, 1.54) is 4.90 Å². The Morgan fingerprint density at radius 3 is 2.17 bits per heavy atom. The minimum atomic E-state index is -0.313. The molecule has 6 nitrogen and oxygen atoms in total. The number of methoxy groups -OCH3 is 2. The van der Waals surface area contributed by atoms with Crippen molar-refractivity contribution in [3.8, 4) is 11.5 Å². The molecule has 156 valence electrons. The third kappa shape index (κ3) is 3.43. The zero-order chi connectivity index (χ0) is 21.3. The van der Waals surface area contributed by atoms with Crippen LogP contribution in [-0.2, 0) is 9.59 Å². The van der Waals surface area contributed by atoms with Gasteiger partial charge in [0.1, 0.15) is 5.70 Å². The Morgan fingerprint density at radius 2 is 1.53 bits per heavy atom. The molecule has 0 saturated carbocycles. The number of carbonyl (C=O) groups is 2. The van der Waals surface area contributed by atoms with Crippen LogP contribution in [0.2, 0.25) is 0 Å². The number of para-hydroxylation sites is 1. The van der Waals surface area contributed by atoms with Crippen LogP contribution in [-0.4, -0.2) is 44.0 Å². The monoisotopic (exact) mass is 406 g/mol. The van der Waals surface area contributed by atoms with Gasteiger partial charge in [0.05, 0.1) is 25.5 Å². The van der Waals surface area contributed by atoms with Crippen LogP contribution in [0, 0.1) is 5.92 Å². The molecule has 2 aliphatic rings. The minimum absolute atomic E-state index is 0.273. The molecule has 0 bridgehead atoms. The minimum Gasteiger partial charge on any atom is -0.493 e. The van der Waals surface area contributed by atoms with E-state index in [0.717, 1.165) is 25.9 Å². The van der Waals surface area contributed by atoms with Crippen LogP contribution < -0.4 is 14.4 Å². The smallest absolute Gasteiger partial charge is 0.282 e. The molecule has 1 fully saturated rings. The van der Waals surface area contributed by atoms with Crippen LogP contribution in [0.4, 0.5) is 5.69 Å². The van der Waals surface area contributed by atoms with Gasteiger partial charge in [0.25, 0.3) is 11.8 Å². The van der Waals surface area contributed by atoms with E-state index in [0.29, 0.717) is 39.9 Å². The van der Waals surface area contributed by atoms with E-state index in [4.69, 9.17) is 9.47 Å². The molecule has 0 aromatic heterocycles. The van der Waals surface area contributed by atoms with E-state index in [1.54, 1.807) is 38.5 Å².